The Morgan fingerprint density at radius 1 is 1.17 bits per heavy atom. The number of rotatable bonds is 5. The summed E-state index contributed by atoms with van der Waals surface area (Å²) in [7, 11) is 3.89. The lowest BCUT2D eigenvalue weighted by atomic mass is 10.2. The van der Waals surface area contributed by atoms with Gasteiger partial charge in [-0.05, 0) is 42.5 Å². The third-order valence-corrected chi connectivity index (χ3v) is 3.74. The SMILES string of the molecule is CN(C)c1cccc(N/C=C(/C#N)C(=O)Nc2ccc(Br)cc2)c1. The van der Waals surface area contributed by atoms with Crippen molar-refractivity contribution in [2.75, 3.05) is 29.6 Å². The zero-order valence-electron chi connectivity index (χ0n) is 13.4. The van der Waals surface area contributed by atoms with Crippen molar-refractivity contribution < 1.29 is 4.79 Å². The summed E-state index contributed by atoms with van der Waals surface area (Å²) in [4.78, 5) is 14.1. The number of anilines is 3. The fourth-order valence-electron chi connectivity index (χ4n) is 1.91. The Morgan fingerprint density at radius 3 is 2.50 bits per heavy atom. The van der Waals surface area contributed by atoms with Gasteiger partial charge in [0.2, 0.25) is 0 Å². The van der Waals surface area contributed by atoms with Gasteiger partial charge < -0.3 is 15.5 Å². The normalized spacial score (nSPS) is 10.7. The van der Waals surface area contributed by atoms with Gasteiger partial charge in [0.1, 0.15) is 11.6 Å². The minimum Gasteiger partial charge on any atom is -0.378 e. The lowest BCUT2D eigenvalue weighted by molar-refractivity contribution is -0.112. The van der Waals surface area contributed by atoms with Crippen LogP contribution in [0.25, 0.3) is 0 Å². The van der Waals surface area contributed by atoms with Crippen LogP contribution in [-0.2, 0) is 4.79 Å². The monoisotopic (exact) mass is 384 g/mol. The Bertz CT molecular complexity index is 791. The van der Waals surface area contributed by atoms with Crippen molar-refractivity contribution in [1.82, 2.24) is 0 Å². The molecule has 122 valence electrons. The van der Waals surface area contributed by atoms with Crippen LogP contribution >= 0.6 is 15.9 Å². The molecule has 0 aliphatic heterocycles. The van der Waals surface area contributed by atoms with Gasteiger partial charge in [-0.15, -0.1) is 0 Å². The summed E-state index contributed by atoms with van der Waals surface area (Å²) in [6, 6.07) is 16.7. The molecule has 0 saturated carbocycles. The van der Waals surface area contributed by atoms with E-state index in [-0.39, 0.29) is 5.57 Å². The number of nitriles is 1. The molecule has 1 amide bonds. The van der Waals surface area contributed by atoms with Gasteiger partial charge in [-0.1, -0.05) is 22.0 Å². The van der Waals surface area contributed by atoms with Crippen LogP contribution in [-0.4, -0.2) is 20.0 Å². The van der Waals surface area contributed by atoms with Crippen molar-refractivity contribution in [2.24, 2.45) is 0 Å². The van der Waals surface area contributed by atoms with Crippen molar-refractivity contribution in [3.63, 3.8) is 0 Å². The summed E-state index contributed by atoms with van der Waals surface area (Å²) in [5, 5.41) is 14.9. The average molecular weight is 385 g/mol. The fourth-order valence-corrected chi connectivity index (χ4v) is 2.17. The van der Waals surface area contributed by atoms with E-state index >= 15 is 0 Å². The first-order chi connectivity index (χ1) is 11.5. The number of nitrogens with zero attached hydrogens (tertiary/aromatic N) is 2. The van der Waals surface area contributed by atoms with Gasteiger partial charge in [0.15, 0.2) is 0 Å². The molecule has 0 aliphatic carbocycles. The highest BCUT2D eigenvalue weighted by atomic mass is 79.9. The van der Waals surface area contributed by atoms with Gasteiger partial charge in [0.25, 0.3) is 5.91 Å². The standard InChI is InChI=1S/C18H17BrN4O/c1-23(2)17-5-3-4-16(10-17)21-12-13(11-20)18(24)22-15-8-6-14(19)7-9-15/h3-10,12,21H,1-2H3,(H,22,24)/b13-12-. The van der Waals surface area contributed by atoms with E-state index in [1.165, 1.54) is 6.20 Å². The van der Waals surface area contributed by atoms with E-state index in [1.54, 1.807) is 12.1 Å². The molecular formula is C18H17BrN4O. The molecule has 2 aromatic rings. The van der Waals surface area contributed by atoms with Crippen molar-refractivity contribution in [1.29, 1.82) is 5.26 Å². The Balaban J connectivity index is 2.08. The van der Waals surface area contributed by atoms with E-state index in [0.29, 0.717) is 5.69 Å². The average Bonchev–Trinajstić information content (AvgIpc) is 2.57. The van der Waals surface area contributed by atoms with Crippen molar-refractivity contribution >= 4 is 38.9 Å². The number of benzene rings is 2. The molecule has 0 radical (unpaired) electrons. The van der Waals surface area contributed by atoms with E-state index in [4.69, 9.17) is 0 Å². The van der Waals surface area contributed by atoms with Crippen LogP contribution in [0, 0.1) is 11.3 Å². The molecule has 0 heterocycles. The summed E-state index contributed by atoms with van der Waals surface area (Å²) < 4.78 is 0.916. The van der Waals surface area contributed by atoms with Crippen molar-refractivity contribution in [2.45, 2.75) is 0 Å². The molecule has 0 atom stereocenters. The Hall–Kier alpha value is -2.78. The highest BCUT2D eigenvalue weighted by Crippen LogP contribution is 2.18. The molecule has 0 spiro atoms. The predicted octanol–water partition coefficient (Wildman–Crippen LogP) is 3.97. The number of nitrogens with one attached hydrogen (secondary N) is 2. The van der Waals surface area contributed by atoms with E-state index in [2.05, 4.69) is 26.6 Å². The van der Waals surface area contributed by atoms with Crippen molar-refractivity contribution in [3.8, 4) is 6.07 Å². The van der Waals surface area contributed by atoms with E-state index in [0.717, 1.165) is 15.8 Å². The second-order valence-corrected chi connectivity index (χ2v) is 6.14. The molecule has 0 saturated heterocycles. The molecule has 2 N–H and O–H groups in total. The summed E-state index contributed by atoms with van der Waals surface area (Å²) in [6.45, 7) is 0. The van der Waals surface area contributed by atoms with Gasteiger partial charge in [0, 0.05) is 41.8 Å². The topological polar surface area (TPSA) is 68.2 Å². The Kier molecular flexibility index (Phi) is 5.99. The molecule has 0 aliphatic rings. The number of hydrogen-bond acceptors (Lipinski definition) is 4. The van der Waals surface area contributed by atoms with Gasteiger partial charge in [-0.2, -0.15) is 5.26 Å². The third-order valence-electron chi connectivity index (χ3n) is 3.21. The second kappa shape index (κ2) is 8.18. The first kappa shape index (κ1) is 17.6. The largest absolute Gasteiger partial charge is 0.378 e. The maximum Gasteiger partial charge on any atom is 0.267 e. The zero-order chi connectivity index (χ0) is 17.5. The highest BCUT2D eigenvalue weighted by molar-refractivity contribution is 9.10. The van der Waals surface area contributed by atoms with Crippen LogP contribution in [0.5, 0.6) is 0 Å². The molecule has 0 unspecified atom stereocenters. The summed E-state index contributed by atoms with van der Waals surface area (Å²) >= 11 is 3.33. The summed E-state index contributed by atoms with van der Waals surface area (Å²) in [6.07, 6.45) is 1.41. The molecular weight excluding hydrogens is 368 g/mol. The highest BCUT2D eigenvalue weighted by Gasteiger charge is 2.09. The number of hydrogen-bond donors (Lipinski definition) is 2. The second-order valence-electron chi connectivity index (χ2n) is 5.22. The van der Waals surface area contributed by atoms with Crippen LogP contribution < -0.4 is 15.5 Å². The Labute approximate surface area is 149 Å². The number of halogens is 1. The third kappa shape index (κ3) is 4.86. The molecule has 2 rings (SSSR count). The molecule has 5 nitrogen and oxygen atoms in total. The van der Waals surface area contributed by atoms with Crippen LogP contribution in [0.3, 0.4) is 0 Å². The molecule has 6 heteroatoms. The maximum atomic E-state index is 12.2. The minimum absolute atomic E-state index is 0.00632. The minimum atomic E-state index is -0.462. The fraction of sp³-hybridized carbons (Fsp3) is 0.111. The predicted molar refractivity (Wildman–Crippen MR) is 101 cm³/mol. The Morgan fingerprint density at radius 2 is 1.88 bits per heavy atom. The summed E-state index contributed by atoms with van der Waals surface area (Å²) in [5.74, 6) is -0.462. The van der Waals surface area contributed by atoms with Crippen LogP contribution in [0.4, 0.5) is 17.1 Å². The van der Waals surface area contributed by atoms with Crippen LogP contribution in [0.1, 0.15) is 0 Å². The van der Waals surface area contributed by atoms with E-state index in [9.17, 15) is 10.1 Å². The zero-order valence-corrected chi connectivity index (χ0v) is 15.0. The first-order valence-corrected chi connectivity index (χ1v) is 8.00. The smallest absolute Gasteiger partial charge is 0.267 e. The number of carbonyl (C=O) groups is 1. The molecule has 2 aromatic carbocycles. The van der Waals surface area contributed by atoms with Gasteiger partial charge in [0.05, 0.1) is 0 Å². The van der Waals surface area contributed by atoms with E-state index < -0.39 is 5.91 Å². The van der Waals surface area contributed by atoms with Gasteiger partial charge >= 0.3 is 0 Å². The molecule has 0 bridgehead atoms. The maximum absolute atomic E-state index is 12.2. The van der Waals surface area contributed by atoms with Crippen LogP contribution in [0.2, 0.25) is 0 Å². The first-order valence-electron chi connectivity index (χ1n) is 7.20. The molecule has 0 aromatic heterocycles. The van der Waals surface area contributed by atoms with Gasteiger partial charge in [-0.25, -0.2) is 0 Å². The lowest BCUT2D eigenvalue weighted by Gasteiger charge is -2.13. The van der Waals surface area contributed by atoms with Crippen LogP contribution in [0.15, 0.2) is 64.8 Å². The lowest BCUT2D eigenvalue weighted by Crippen LogP contribution is -2.14. The molecule has 0 fully saturated rings. The molecule has 24 heavy (non-hydrogen) atoms. The van der Waals surface area contributed by atoms with Gasteiger partial charge in [-0.3, -0.25) is 4.79 Å². The quantitative estimate of drug-likeness (QED) is 0.604. The van der Waals surface area contributed by atoms with Crippen molar-refractivity contribution in [3.05, 3.63) is 64.8 Å². The summed E-state index contributed by atoms with van der Waals surface area (Å²) in [5.41, 5.74) is 2.43. The van der Waals surface area contributed by atoms with E-state index in [1.807, 2.05) is 61.5 Å². The number of carbonyl (C=O) groups excluding carboxylic acids is 1. The number of amides is 1.